The van der Waals surface area contributed by atoms with Crippen LogP contribution in [-0.2, 0) is 0 Å². The Morgan fingerprint density at radius 1 is 1.16 bits per heavy atom. The van der Waals surface area contributed by atoms with Crippen LogP contribution in [0.3, 0.4) is 0 Å². The average Bonchev–Trinajstić information content (AvgIpc) is 2.62. The van der Waals surface area contributed by atoms with Crippen LogP contribution >= 0.6 is 11.6 Å². The number of nitrogens with one attached hydrogen (secondary N) is 2. The minimum absolute atomic E-state index is 0.184. The number of rotatable bonds is 3. The molecule has 0 bridgehead atoms. The van der Waals surface area contributed by atoms with Gasteiger partial charge in [0.2, 0.25) is 0 Å². The third-order valence-corrected chi connectivity index (χ3v) is 4.37. The molecule has 0 fully saturated rings. The second-order valence-electron chi connectivity index (χ2n) is 5.72. The van der Waals surface area contributed by atoms with Crippen LogP contribution < -0.4 is 10.9 Å². The minimum atomic E-state index is -0.211. The molecule has 1 unspecified atom stereocenters. The van der Waals surface area contributed by atoms with Crippen LogP contribution in [0.1, 0.15) is 18.7 Å². The molecule has 0 radical (unpaired) electrons. The Labute approximate surface area is 147 Å². The second kappa shape index (κ2) is 6.14. The van der Waals surface area contributed by atoms with Crippen LogP contribution in [0.25, 0.3) is 21.8 Å². The first-order valence-corrected chi connectivity index (χ1v) is 8.15. The van der Waals surface area contributed by atoms with Crippen molar-refractivity contribution in [3.05, 3.63) is 70.0 Å². The van der Waals surface area contributed by atoms with Gasteiger partial charge in [0, 0.05) is 11.9 Å². The summed E-state index contributed by atoms with van der Waals surface area (Å²) in [5.74, 6) is 0.616. The zero-order chi connectivity index (χ0) is 17.4. The summed E-state index contributed by atoms with van der Waals surface area (Å²) in [4.78, 5) is 28.1. The number of pyridine rings is 2. The third kappa shape index (κ3) is 2.81. The van der Waals surface area contributed by atoms with Crippen molar-refractivity contribution >= 4 is 39.2 Å². The van der Waals surface area contributed by atoms with Crippen LogP contribution in [0.4, 0.5) is 5.82 Å². The highest BCUT2D eigenvalue weighted by Crippen LogP contribution is 2.24. The van der Waals surface area contributed by atoms with E-state index in [1.807, 2.05) is 37.3 Å². The molecule has 0 spiro atoms. The zero-order valence-corrected chi connectivity index (χ0v) is 14.1. The highest BCUT2D eigenvalue weighted by Gasteiger charge is 2.13. The van der Waals surface area contributed by atoms with Gasteiger partial charge in [0.25, 0.3) is 5.56 Å². The largest absolute Gasteiger partial charge is 0.360 e. The fraction of sp³-hybridized carbons (Fsp3) is 0.111. The lowest BCUT2D eigenvalue weighted by atomic mass is 10.1. The normalized spacial score (nSPS) is 12.4. The van der Waals surface area contributed by atoms with Crippen molar-refractivity contribution in [2.75, 3.05) is 5.32 Å². The first-order valence-electron chi connectivity index (χ1n) is 7.77. The van der Waals surface area contributed by atoms with Crippen molar-refractivity contribution in [2.24, 2.45) is 0 Å². The lowest BCUT2D eigenvalue weighted by Crippen LogP contribution is -2.16. The average molecular weight is 352 g/mol. The molecule has 7 heteroatoms. The minimum Gasteiger partial charge on any atom is -0.360 e. The van der Waals surface area contributed by atoms with E-state index in [4.69, 9.17) is 11.6 Å². The molecule has 25 heavy (non-hydrogen) atoms. The van der Waals surface area contributed by atoms with Gasteiger partial charge in [-0.05, 0) is 36.6 Å². The van der Waals surface area contributed by atoms with Crippen molar-refractivity contribution in [2.45, 2.75) is 13.0 Å². The zero-order valence-electron chi connectivity index (χ0n) is 13.3. The SMILES string of the molecule is CC(Nc1ncnc2cccnc12)c1cc2cccc(Cl)c2c(=O)[nH]1. The number of aromatic amines is 1. The topological polar surface area (TPSA) is 83.6 Å². The maximum absolute atomic E-state index is 12.4. The van der Waals surface area contributed by atoms with Gasteiger partial charge in [0.15, 0.2) is 5.82 Å². The highest BCUT2D eigenvalue weighted by atomic mass is 35.5. The number of fused-ring (bicyclic) bond motifs is 2. The molecular formula is C18H14ClN5O. The van der Waals surface area contributed by atoms with E-state index in [2.05, 4.69) is 25.3 Å². The molecule has 0 aliphatic heterocycles. The Balaban J connectivity index is 1.75. The van der Waals surface area contributed by atoms with Crippen LogP contribution in [0.5, 0.6) is 0 Å². The molecular weight excluding hydrogens is 338 g/mol. The summed E-state index contributed by atoms with van der Waals surface area (Å²) in [7, 11) is 0. The monoisotopic (exact) mass is 351 g/mol. The Hall–Kier alpha value is -2.99. The first kappa shape index (κ1) is 15.5. The van der Waals surface area contributed by atoms with Gasteiger partial charge in [-0.15, -0.1) is 0 Å². The summed E-state index contributed by atoms with van der Waals surface area (Å²) in [6.45, 7) is 1.94. The lowest BCUT2D eigenvalue weighted by Gasteiger charge is -2.16. The quantitative estimate of drug-likeness (QED) is 0.588. The number of hydrogen-bond acceptors (Lipinski definition) is 5. The maximum atomic E-state index is 12.4. The number of nitrogens with zero attached hydrogens (tertiary/aromatic N) is 3. The summed E-state index contributed by atoms with van der Waals surface area (Å²) in [6.07, 6.45) is 3.18. The molecule has 2 N–H and O–H groups in total. The number of H-pyrrole nitrogens is 1. The lowest BCUT2D eigenvalue weighted by molar-refractivity contribution is 0.829. The van der Waals surface area contributed by atoms with Crippen LogP contribution in [0, 0.1) is 0 Å². The number of aromatic nitrogens is 4. The predicted octanol–water partition coefficient (Wildman–Crippen LogP) is 3.69. The van der Waals surface area contributed by atoms with E-state index in [0.29, 0.717) is 21.7 Å². The van der Waals surface area contributed by atoms with Crippen LogP contribution in [0.2, 0.25) is 5.02 Å². The maximum Gasteiger partial charge on any atom is 0.257 e. The summed E-state index contributed by atoms with van der Waals surface area (Å²) < 4.78 is 0. The van der Waals surface area contributed by atoms with E-state index in [-0.39, 0.29) is 11.6 Å². The van der Waals surface area contributed by atoms with E-state index in [0.717, 1.165) is 16.6 Å². The molecule has 0 amide bonds. The number of halogens is 1. The Bertz CT molecular complexity index is 1140. The standard InChI is InChI=1S/C18H14ClN5O/c1-10(23-17-16-13(21-9-22-17)6-3-7-20-16)14-8-11-4-2-5-12(19)15(11)18(25)24-14/h2-10H,1H3,(H,24,25)(H,21,22,23). The van der Waals surface area contributed by atoms with Crippen molar-refractivity contribution in [1.82, 2.24) is 19.9 Å². The van der Waals surface area contributed by atoms with Gasteiger partial charge in [-0.25, -0.2) is 9.97 Å². The molecule has 4 rings (SSSR count). The Kier molecular flexibility index (Phi) is 3.82. The molecule has 1 aromatic carbocycles. The molecule has 0 saturated carbocycles. The molecule has 6 nitrogen and oxygen atoms in total. The molecule has 0 aliphatic carbocycles. The van der Waals surface area contributed by atoms with E-state index in [9.17, 15) is 4.79 Å². The van der Waals surface area contributed by atoms with E-state index in [1.54, 1.807) is 12.3 Å². The van der Waals surface area contributed by atoms with Gasteiger partial charge in [0.1, 0.15) is 11.8 Å². The Morgan fingerprint density at radius 3 is 2.92 bits per heavy atom. The van der Waals surface area contributed by atoms with Gasteiger partial charge in [-0.2, -0.15) is 0 Å². The van der Waals surface area contributed by atoms with Crippen molar-refractivity contribution < 1.29 is 0 Å². The molecule has 1 atom stereocenters. The van der Waals surface area contributed by atoms with Gasteiger partial charge >= 0.3 is 0 Å². The number of anilines is 1. The van der Waals surface area contributed by atoms with E-state index < -0.39 is 0 Å². The summed E-state index contributed by atoms with van der Waals surface area (Å²) in [5, 5.41) is 5.02. The predicted molar refractivity (Wildman–Crippen MR) is 98.9 cm³/mol. The summed E-state index contributed by atoms with van der Waals surface area (Å²) in [5.41, 5.74) is 1.97. The summed E-state index contributed by atoms with van der Waals surface area (Å²) in [6, 6.07) is 10.8. The third-order valence-electron chi connectivity index (χ3n) is 4.06. The van der Waals surface area contributed by atoms with Crippen LogP contribution in [0.15, 0.2) is 53.7 Å². The van der Waals surface area contributed by atoms with Gasteiger partial charge < -0.3 is 10.3 Å². The fourth-order valence-electron chi connectivity index (χ4n) is 2.81. The fourth-order valence-corrected chi connectivity index (χ4v) is 3.08. The Morgan fingerprint density at radius 2 is 2.04 bits per heavy atom. The van der Waals surface area contributed by atoms with Gasteiger partial charge in [0.05, 0.1) is 22.0 Å². The molecule has 0 aliphatic rings. The van der Waals surface area contributed by atoms with Gasteiger partial charge in [-0.1, -0.05) is 23.7 Å². The van der Waals surface area contributed by atoms with Crippen molar-refractivity contribution in [1.29, 1.82) is 0 Å². The molecule has 3 aromatic heterocycles. The number of hydrogen-bond donors (Lipinski definition) is 2. The number of benzene rings is 1. The van der Waals surface area contributed by atoms with Crippen molar-refractivity contribution in [3.8, 4) is 0 Å². The molecule has 3 heterocycles. The molecule has 4 aromatic rings. The highest BCUT2D eigenvalue weighted by molar-refractivity contribution is 6.35. The van der Waals surface area contributed by atoms with E-state index in [1.165, 1.54) is 6.33 Å². The molecule has 124 valence electrons. The molecule has 0 saturated heterocycles. The van der Waals surface area contributed by atoms with E-state index >= 15 is 0 Å². The van der Waals surface area contributed by atoms with Crippen molar-refractivity contribution in [3.63, 3.8) is 0 Å². The second-order valence-corrected chi connectivity index (χ2v) is 6.12. The smallest absolute Gasteiger partial charge is 0.257 e. The van der Waals surface area contributed by atoms with Gasteiger partial charge in [-0.3, -0.25) is 9.78 Å². The summed E-state index contributed by atoms with van der Waals surface area (Å²) >= 11 is 6.13. The first-order chi connectivity index (χ1) is 12.1. The van der Waals surface area contributed by atoms with Crippen LogP contribution in [-0.4, -0.2) is 19.9 Å².